The van der Waals surface area contributed by atoms with E-state index < -0.39 is 16.0 Å². The van der Waals surface area contributed by atoms with Crippen LogP contribution in [0.1, 0.15) is 28.7 Å². The van der Waals surface area contributed by atoms with Gasteiger partial charge in [0, 0.05) is 22.6 Å². The van der Waals surface area contributed by atoms with Crippen LogP contribution in [0.2, 0.25) is 0 Å². The van der Waals surface area contributed by atoms with Crippen molar-refractivity contribution in [1.82, 2.24) is 14.6 Å². The predicted molar refractivity (Wildman–Crippen MR) is 128 cm³/mol. The molecule has 2 aromatic carbocycles. The summed E-state index contributed by atoms with van der Waals surface area (Å²) >= 11 is 0. The second kappa shape index (κ2) is 9.14. The summed E-state index contributed by atoms with van der Waals surface area (Å²) in [4.78, 5) is 16.4. The van der Waals surface area contributed by atoms with E-state index in [0.717, 1.165) is 11.4 Å². The average Bonchev–Trinajstić information content (AvgIpc) is 3.23. The SMILES string of the molecule is CCOC(=O)c1ccc(NS(=O)(=O)c2cc(-c3cnn4c(C)cc(C)nc34)ccc2OC)cc1. The lowest BCUT2D eigenvalue weighted by atomic mass is 10.1. The van der Waals surface area contributed by atoms with Crippen molar-refractivity contribution >= 4 is 27.3 Å². The fourth-order valence-corrected chi connectivity index (χ4v) is 4.88. The third-order valence-electron chi connectivity index (χ3n) is 5.19. The van der Waals surface area contributed by atoms with Crippen LogP contribution < -0.4 is 9.46 Å². The Kier molecular flexibility index (Phi) is 6.25. The molecule has 10 heteroatoms. The minimum absolute atomic E-state index is 0.0364. The van der Waals surface area contributed by atoms with Gasteiger partial charge in [-0.05, 0) is 68.8 Å². The van der Waals surface area contributed by atoms with Crippen LogP contribution >= 0.6 is 0 Å². The predicted octanol–water partition coefficient (Wildman–Crippen LogP) is 4.00. The van der Waals surface area contributed by atoms with Crippen LogP contribution in [-0.4, -0.2) is 42.7 Å². The first-order chi connectivity index (χ1) is 16.2. The number of carbonyl (C=O) groups excluding carboxylic acids is 1. The summed E-state index contributed by atoms with van der Waals surface area (Å²) in [6.45, 7) is 5.79. The highest BCUT2D eigenvalue weighted by molar-refractivity contribution is 7.92. The maximum atomic E-state index is 13.3. The van der Waals surface area contributed by atoms with Crippen LogP contribution in [0.3, 0.4) is 0 Å². The van der Waals surface area contributed by atoms with Crippen LogP contribution in [0.4, 0.5) is 5.69 Å². The molecule has 0 atom stereocenters. The molecule has 1 N–H and O–H groups in total. The van der Waals surface area contributed by atoms with Crippen molar-refractivity contribution in [3.8, 4) is 16.9 Å². The Balaban J connectivity index is 1.71. The van der Waals surface area contributed by atoms with Crippen molar-refractivity contribution in [3.63, 3.8) is 0 Å². The first-order valence-electron chi connectivity index (χ1n) is 10.5. The number of aromatic nitrogens is 3. The number of hydrogen-bond acceptors (Lipinski definition) is 7. The Morgan fingerprint density at radius 3 is 2.50 bits per heavy atom. The summed E-state index contributed by atoms with van der Waals surface area (Å²) in [6, 6.07) is 12.8. The minimum atomic E-state index is -4.02. The number of carbonyl (C=O) groups is 1. The van der Waals surface area contributed by atoms with Crippen molar-refractivity contribution in [3.05, 3.63) is 71.7 Å². The third kappa shape index (κ3) is 4.44. The van der Waals surface area contributed by atoms with Crippen molar-refractivity contribution in [2.75, 3.05) is 18.4 Å². The van der Waals surface area contributed by atoms with E-state index in [1.54, 1.807) is 29.8 Å². The minimum Gasteiger partial charge on any atom is -0.495 e. The Hall–Kier alpha value is -3.92. The lowest BCUT2D eigenvalue weighted by Crippen LogP contribution is -2.14. The van der Waals surface area contributed by atoms with Gasteiger partial charge in [-0.3, -0.25) is 4.72 Å². The maximum absolute atomic E-state index is 13.3. The van der Waals surface area contributed by atoms with Gasteiger partial charge in [0.2, 0.25) is 0 Å². The number of benzene rings is 2. The molecule has 2 aromatic heterocycles. The molecule has 0 amide bonds. The number of sulfonamides is 1. The Labute approximate surface area is 197 Å². The van der Waals surface area contributed by atoms with E-state index in [1.165, 1.54) is 37.4 Å². The number of aryl methyl sites for hydroxylation is 2. The van der Waals surface area contributed by atoms with Crippen molar-refractivity contribution < 1.29 is 22.7 Å². The monoisotopic (exact) mass is 480 g/mol. The van der Waals surface area contributed by atoms with Crippen LogP contribution in [0, 0.1) is 13.8 Å². The fourth-order valence-electron chi connectivity index (χ4n) is 3.63. The molecule has 0 fully saturated rings. The van der Waals surface area contributed by atoms with E-state index in [9.17, 15) is 13.2 Å². The highest BCUT2D eigenvalue weighted by atomic mass is 32.2. The highest BCUT2D eigenvalue weighted by Crippen LogP contribution is 2.33. The van der Waals surface area contributed by atoms with Gasteiger partial charge in [0.15, 0.2) is 5.65 Å². The van der Waals surface area contributed by atoms with Gasteiger partial charge in [-0.2, -0.15) is 5.10 Å². The molecular weight excluding hydrogens is 456 g/mol. The second-order valence-corrected chi connectivity index (χ2v) is 9.25. The molecule has 4 rings (SSSR count). The van der Waals surface area contributed by atoms with Crippen LogP contribution in [-0.2, 0) is 14.8 Å². The maximum Gasteiger partial charge on any atom is 0.338 e. The second-order valence-electron chi connectivity index (χ2n) is 7.60. The molecule has 0 aliphatic heterocycles. The molecule has 0 radical (unpaired) electrons. The zero-order chi connectivity index (χ0) is 24.5. The third-order valence-corrected chi connectivity index (χ3v) is 6.59. The lowest BCUT2D eigenvalue weighted by Gasteiger charge is -2.13. The van der Waals surface area contributed by atoms with Gasteiger partial charge in [0.05, 0.1) is 25.5 Å². The van der Waals surface area contributed by atoms with Gasteiger partial charge in [-0.15, -0.1) is 0 Å². The van der Waals surface area contributed by atoms with Crippen molar-refractivity contribution in [2.45, 2.75) is 25.7 Å². The summed E-state index contributed by atoms with van der Waals surface area (Å²) < 4.78 is 41.1. The normalized spacial score (nSPS) is 11.4. The zero-order valence-electron chi connectivity index (χ0n) is 19.2. The average molecular weight is 481 g/mol. The molecule has 176 valence electrons. The summed E-state index contributed by atoms with van der Waals surface area (Å²) in [5.74, 6) is -0.282. The van der Waals surface area contributed by atoms with Gasteiger partial charge in [-0.25, -0.2) is 22.7 Å². The molecule has 0 saturated heterocycles. The standard InChI is InChI=1S/C24H24N4O5S/c1-5-33-24(29)17-6-9-19(10-7-17)27-34(30,31)22-13-18(8-11-21(22)32-4)20-14-25-28-16(3)12-15(2)26-23(20)28/h6-14,27H,5H2,1-4H3. The number of hydrogen-bond donors (Lipinski definition) is 1. The first kappa shape index (κ1) is 23.2. The first-order valence-corrected chi connectivity index (χ1v) is 12.0. The van der Waals surface area contributed by atoms with Crippen molar-refractivity contribution in [2.24, 2.45) is 0 Å². The number of esters is 1. The number of fused-ring (bicyclic) bond motifs is 1. The van der Waals surface area contributed by atoms with Crippen LogP contribution in [0.15, 0.2) is 59.6 Å². The Morgan fingerprint density at radius 1 is 1.09 bits per heavy atom. The molecule has 0 aliphatic carbocycles. The van der Waals surface area contributed by atoms with Gasteiger partial charge < -0.3 is 9.47 Å². The molecule has 0 spiro atoms. The molecule has 34 heavy (non-hydrogen) atoms. The smallest absolute Gasteiger partial charge is 0.338 e. The number of anilines is 1. The van der Waals surface area contributed by atoms with E-state index >= 15 is 0 Å². The fraction of sp³-hybridized carbons (Fsp3) is 0.208. The highest BCUT2D eigenvalue weighted by Gasteiger charge is 2.22. The molecule has 4 aromatic rings. The molecule has 0 saturated carbocycles. The molecule has 2 heterocycles. The number of nitrogens with zero attached hydrogens (tertiary/aromatic N) is 3. The quantitative estimate of drug-likeness (QED) is 0.398. The topological polar surface area (TPSA) is 112 Å². The molecule has 0 bridgehead atoms. The van der Waals surface area contributed by atoms with E-state index in [4.69, 9.17) is 9.47 Å². The Bertz CT molecular complexity index is 1480. The lowest BCUT2D eigenvalue weighted by molar-refractivity contribution is 0.0526. The molecular formula is C24H24N4O5S. The van der Waals surface area contributed by atoms with Gasteiger partial charge in [0.1, 0.15) is 10.6 Å². The molecule has 0 aliphatic rings. The number of nitrogens with one attached hydrogen (secondary N) is 1. The van der Waals surface area contributed by atoms with Crippen LogP contribution in [0.5, 0.6) is 5.75 Å². The summed E-state index contributed by atoms with van der Waals surface area (Å²) in [5, 5.41) is 4.39. The summed E-state index contributed by atoms with van der Waals surface area (Å²) in [6.07, 6.45) is 1.66. The van der Waals surface area contributed by atoms with Gasteiger partial charge >= 0.3 is 5.97 Å². The van der Waals surface area contributed by atoms with E-state index in [1.807, 2.05) is 19.9 Å². The van der Waals surface area contributed by atoms with E-state index in [2.05, 4.69) is 14.8 Å². The molecule has 0 unspecified atom stereocenters. The number of ether oxygens (including phenoxy) is 2. The number of methoxy groups -OCH3 is 1. The van der Waals surface area contributed by atoms with E-state index in [0.29, 0.717) is 28.0 Å². The van der Waals surface area contributed by atoms with Gasteiger partial charge in [-0.1, -0.05) is 6.07 Å². The zero-order valence-corrected chi connectivity index (χ0v) is 20.0. The van der Waals surface area contributed by atoms with Crippen molar-refractivity contribution in [1.29, 1.82) is 0 Å². The van der Waals surface area contributed by atoms with Crippen LogP contribution in [0.25, 0.3) is 16.8 Å². The summed E-state index contributed by atoms with van der Waals surface area (Å²) in [7, 11) is -2.61. The van der Waals surface area contributed by atoms with Gasteiger partial charge in [0.25, 0.3) is 10.0 Å². The Morgan fingerprint density at radius 2 is 1.82 bits per heavy atom. The largest absolute Gasteiger partial charge is 0.495 e. The summed E-state index contributed by atoms with van der Waals surface area (Å²) in [5.41, 5.74) is 4.34. The molecule has 9 nitrogen and oxygen atoms in total. The van der Waals surface area contributed by atoms with E-state index in [-0.39, 0.29) is 17.3 Å². The number of rotatable bonds is 7.